The minimum Gasteiger partial charge on any atom is -0.467 e. The number of rotatable bonds is 7. The van der Waals surface area contributed by atoms with Gasteiger partial charge < -0.3 is 9.32 Å². The van der Waals surface area contributed by atoms with E-state index in [4.69, 9.17) is 4.42 Å². The van der Waals surface area contributed by atoms with Crippen molar-refractivity contribution in [1.82, 2.24) is 14.8 Å². The van der Waals surface area contributed by atoms with Crippen molar-refractivity contribution in [2.75, 3.05) is 27.2 Å². The van der Waals surface area contributed by atoms with Gasteiger partial charge in [0, 0.05) is 19.5 Å². The van der Waals surface area contributed by atoms with E-state index < -0.39 is 0 Å². The first-order valence-electron chi connectivity index (χ1n) is 11.9. The summed E-state index contributed by atoms with van der Waals surface area (Å²) in [4.78, 5) is 29.7. The van der Waals surface area contributed by atoms with Crippen LogP contribution in [0.3, 0.4) is 0 Å². The van der Waals surface area contributed by atoms with Crippen molar-refractivity contribution in [3.05, 3.63) is 59.5 Å². The minimum atomic E-state index is -0.280. The van der Waals surface area contributed by atoms with Crippen LogP contribution in [0.4, 0.5) is 0 Å². The lowest BCUT2D eigenvalue weighted by Gasteiger charge is -2.32. The zero-order valence-corrected chi connectivity index (χ0v) is 19.9. The van der Waals surface area contributed by atoms with Gasteiger partial charge in [0.2, 0.25) is 5.91 Å². The second-order valence-corrected chi connectivity index (χ2v) is 9.36. The topological polar surface area (TPSA) is 69.4 Å². The number of likely N-dealkylation sites (N-methyl/N-ethyl adjacent to an activating group) is 2. The van der Waals surface area contributed by atoms with E-state index in [1.807, 2.05) is 62.3 Å². The van der Waals surface area contributed by atoms with Gasteiger partial charge in [-0.3, -0.25) is 14.5 Å². The summed E-state index contributed by atoms with van der Waals surface area (Å²) in [5, 5.41) is 6.21. The summed E-state index contributed by atoms with van der Waals surface area (Å²) in [6.45, 7) is 2.38. The van der Waals surface area contributed by atoms with Gasteiger partial charge in [-0.2, -0.15) is 5.10 Å². The van der Waals surface area contributed by atoms with Gasteiger partial charge in [0.1, 0.15) is 11.8 Å². The summed E-state index contributed by atoms with van der Waals surface area (Å²) < 4.78 is 5.63. The highest BCUT2D eigenvalue weighted by Crippen LogP contribution is 2.33. The third kappa shape index (κ3) is 5.53. The molecular weight excluding hydrogens is 416 g/mol. The first kappa shape index (κ1) is 23.2. The molecule has 0 spiro atoms. The Bertz CT molecular complexity index is 977. The number of hydrogen-bond donors (Lipinski definition) is 0. The van der Waals surface area contributed by atoms with Crippen molar-refractivity contribution >= 4 is 17.5 Å². The molecule has 4 rings (SSSR count). The standard InChI is InChI=1S/C26H34N4O3/c1-19-11-13-20(14-12-19)22-16-23(24-10-7-15-33-24)30(27-22)26(32)18-28(2)17-25(31)29(3)21-8-5-4-6-9-21/h7,10-15,21,23H,4-6,8-9,16-18H2,1-3H3/t23-/m1/s1. The molecule has 176 valence electrons. The van der Waals surface area contributed by atoms with Crippen molar-refractivity contribution in [2.24, 2.45) is 5.10 Å². The van der Waals surface area contributed by atoms with Crippen LogP contribution >= 0.6 is 0 Å². The van der Waals surface area contributed by atoms with Crippen LogP contribution in [-0.2, 0) is 9.59 Å². The number of hydrogen-bond acceptors (Lipinski definition) is 5. The Balaban J connectivity index is 1.42. The van der Waals surface area contributed by atoms with E-state index in [-0.39, 0.29) is 30.9 Å². The third-order valence-electron chi connectivity index (χ3n) is 6.75. The molecule has 1 saturated carbocycles. The minimum absolute atomic E-state index is 0.0602. The molecule has 2 aliphatic rings. The molecule has 1 fully saturated rings. The van der Waals surface area contributed by atoms with Gasteiger partial charge >= 0.3 is 0 Å². The second-order valence-electron chi connectivity index (χ2n) is 9.36. The fraction of sp³-hybridized carbons (Fsp3) is 0.500. The third-order valence-corrected chi connectivity index (χ3v) is 6.75. The quantitative estimate of drug-likeness (QED) is 0.640. The van der Waals surface area contributed by atoms with Crippen LogP contribution in [0.2, 0.25) is 0 Å². The summed E-state index contributed by atoms with van der Waals surface area (Å²) in [5.41, 5.74) is 3.04. The SMILES string of the molecule is Cc1ccc(C2=NN(C(=O)CN(C)CC(=O)N(C)C3CCCCC3)[C@@H](c3ccco3)C2)cc1. The molecule has 2 heterocycles. The Labute approximate surface area is 196 Å². The summed E-state index contributed by atoms with van der Waals surface area (Å²) in [5.74, 6) is 0.629. The lowest BCUT2D eigenvalue weighted by atomic mass is 9.94. The van der Waals surface area contributed by atoms with Crippen molar-refractivity contribution in [1.29, 1.82) is 0 Å². The lowest BCUT2D eigenvalue weighted by molar-refractivity contribution is -0.137. The van der Waals surface area contributed by atoms with Gasteiger partial charge in [0.15, 0.2) is 0 Å². The number of nitrogens with zero attached hydrogens (tertiary/aromatic N) is 4. The monoisotopic (exact) mass is 450 g/mol. The maximum atomic E-state index is 13.3. The first-order chi connectivity index (χ1) is 15.9. The number of benzene rings is 1. The molecule has 1 aromatic carbocycles. The number of amides is 2. The molecule has 2 amide bonds. The Hall–Kier alpha value is -2.93. The molecule has 33 heavy (non-hydrogen) atoms. The van der Waals surface area contributed by atoms with Crippen LogP contribution in [-0.4, -0.2) is 65.6 Å². The fourth-order valence-corrected chi connectivity index (χ4v) is 4.74. The predicted octanol–water partition coefficient (Wildman–Crippen LogP) is 3.99. The molecule has 7 nitrogen and oxygen atoms in total. The molecular formula is C26H34N4O3. The lowest BCUT2D eigenvalue weighted by Crippen LogP contribution is -2.45. The summed E-state index contributed by atoms with van der Waals surface area (Å²) in [7, 11) is 3.70. The maximum absolute atomic E-state index is 13.3. The molecule has 7 heteroatoms. The first-order valence-corrected chi connectivity index (χ1v) is 11.9. The van der Waals surface area contributed by atoms with Gasteiger partial charge in [-0.15, -0.1) is 0 Å². The van der Waals surface area contributed by atoms with Crippen molar-refractivity contribution in [2.45, 2.75) is 57.5 Å². The van der Waals surface area contributed by atoms with Gasteiger partial charge in [-0.1, -0.05) is 49.1 Å². The zero-order chi connectivity index (χ0) is 23.4. The molecule has 1 aliphatic carbocycles. The fourth-order valence-electron chi connectivity index (χ4n) is 4.74. The highest BCUT2D eigenvalue weighted by molar-refractivity contribution is 6.03. The number of carbonyl (C=O) groups excluding carboxylic acids is 2. The van der Waals surface area contributed by atoms with E-state index in [9.17, 15) is 9.59 Å². The molecule has 1 atom stereocenters. The largest absolute Gasteiger partial charge is 0.467 e. The van der Waals surface area contributed by atoms with Crippen LogP contribution < -0.4 is 0 Å². The normalized spacial score (nSPS) is 19.1. The Morgan fingerprint density at radius 3 is 2.45 bits per heavy atom. The van der Waals surface area contributed by atoms with E-state index in [1.54, 1.807) is 11.2 Å². The van der Waals surface area contributed by atoms with E-state index in [2.05, 4.69) is 5.10 Å². The van der Waals surface area contributed by atoms with Crippen LogP contribution in [0.1, 0.15) is 61.5 Å². The Kier molecular flexibility index (Phi) is 7.28. The molecule has 2 aromatic rings. The van der Waals surface area contributed by atoms with Crippen LogP contribution in [0.25, 0.3) is 0 Å². The average molecular weight is 451 g/mol. The van der Waals surface area contributed by atoms with E-state index in [1.165, 1.54) is 29.8 Å². The van der Waals surface area contributed by atoms with E-state index in [0.717, 1.165) is 24.1 Å². The Morgan fingerprint density at radius 1 is 1.06 bits per heavy atom. The predicted molar refractivity (Wildman–Crippen MR) is 128 cm³/mol. The zero-order valence-electron chi connectivity index (χ0n) is 19.9. The van der Waals surface area contributed by atoms with Gasteiger partial charge in [0.05, 0.1) is 25.1 Å². The molecule has 0 radical (unpaired) electrons. The highest BCUT2D eigenvalue weighted by Gasteiger charge is 2.35. The summed E-state index contributed by atoms with van der Waals surface area (Å²) in [6, 6.07) is 11.9. The van der Waals surface area contributed by atoms with Crippen LogP contribution in [0.5, 0.6) is 0 Å². The molecule has 1 aliphatic heterocycles. The van der Waals surface area contributed by atoms with Gasteiger partial charge in [-0.05, 0) is 44.5 Å². The van der Waals surface area contributed by atoms with Crippen LogP contribution in [0.15, 0.2) is 52.2 Å². The average Bonchev–Trinajstić information content (AvgIpc) is 3.49. The smallest absolute Gasteiger partial charge is 0.257 e. The van der Waals surface area contributed by atoms with Gasteiger partial charge in [0.25, 0.3) is 5.91 Å². The summed E-state index contributed by atoms with van der Waals surface area (Å²) in [6.07, 6.45) is 7.97. The van der Waals surface area contributed by atoms with Gasteiger partial charge in [-0.25, -0.2) is 5.01 Å². The number of furan rings is 1. The maximum Gasteiger partial charge on any atom is 0.257 e. The Morgan fingerprint density at radius 2 is 1.79 bits per heavy atom. The highest BCUT2D eigenvalue weighted by atomic mass is 16.3. The van der Waals surface area contributed by atoms with Crippen molar-refractivity contribution in [3.8, 4) is 0 Å². The van der Waals surface area contributed by atoms with Crippen LogP contribution in [0, 0.1) is 6.92 Å². The summed E-state index contributed by atoms with van der Waals surface area (Å²) >= 11 is 0. The molecule has 0 bridgehead atoms. The number of hydrazone groups is 1. The molecule has 1 aromatic heterocycles. The van der Waals surface area contributed by atoms with E-state index in [0.29, 0.717) is 18.2 Å². The van der Waals surface area contributed by atoms with Crippen molar-refractivity contribution in [3.63, 3.8) is 0 Å². The molecule has 0 saturated heterocycles. The molecule has 0 N–H and O–H groups in total. The van der Waals surface area contributed by atoms with E-state index >= 15 is 0 Å². The number of carbonyl (C=O) groups is 2. The van der Waals surface area contributed by atoms with Crippen molar-refractivity contribution < 1.29 is 14.0 Å². The second kappa shape index (κ2) is 10.3. The number of aryl methyl sites for hydroxylation is 1. The molecule has 0 unspecified atom stereocenters.